The van der Waals surface area contributed by atoms with E-state index in [1.807, 2.05) is 0 Å². The van der Waals surface area contributed by atoms with E-state index in [-0.39, 0.29) is 5.69 Å². The molecule has 6 heteroatoms. The number of rotatable bonds is 3. The Hall–Kier alpha value is -1.85. The molecule has 0 saturated heterocycles. The third-order valence-corrected chi connectivity index (χ3v) is 1.30. The molecule has 0 spiro atoms. The summed E-state index contributed by atoms with van der Waals surface area (Å²) in [4.78, 5) is 13.5. The number of carbonyl (C=O) groups is 1. The normalized spacial score (nSPS) is 10.6. The van der Waals surface area contributed by atoms with Crippen LogP contribution in [0.2, 0.25) is 0 Å². The maximum absolute atomic E-state index is 10.8. The van der Waals surface area contributed by atoms with E-state index in [1.54, 1.807) is 26.4 Å². The minimum atomic E-state index is -0.544. The summed E-state index contributed by atoms with van der Waals surface area (Å²) >= 11 is 0. The number of hydrogen-bond donors (Lipinski definition) is 2. The lowest BCUT2D eigenvalue weighted by Crippen LogP contribution is -2.11. The van der Waals surface area contributed by atoms with E-state index in [2.05, 4.69) is 15.3 Å². The second-order valence-corrected chi connectivity index (χ2v) is 2.64. The number of amides is 1. The Bertz CT molecular complexity index is 327. The average molecular weight is 181 g/mol. The molecule has 1 rings (SSSR count). The first kappa shape index (κ1) is 9.24. The van der Waals surface area contributed by atoms with Gasteiger partial charge in [-0.1, -0.05) is 5.22 Å². The van der Waals surface area contributed by atoms with E-state index < -0.39 is 5.91 Å². The van der Waals surface area contributed by atoms with Crippen LogP contribution in [0.25, 0.3) is 0 Å². The van der Waals surface area contributed by atoms with Crippen LogP contribution in [0.3, 0.4) is 0 Å². The summed E-state index contributed by atoms with van der Waals surface area (Å²) in [6.07, 6.45) is 1.59. The first-order chi connectivity index (χ1) is 6.11. The molecule has 0 aliphatic heterocycles. The lowest BCUT2D eigenvalue weighted by molar-refractivity contribution is 0.0996. The van der Waals surface area contributed by atoms with Gasteiger partial charge in [0, 0.05) is 20.3 Å². The highest BCUT2D eigenvalue weighted by atomic mass is 16.1. The molecule has 0 atom stereocenters. The molecule has 1 aromatic rings. The third kappa shape index (κ3) is 2.29. The smallest absolute Gasteiger partial charge is 0.267 e. The van der Waals surface area contributed by atoms with Gasteiger partial charge in [-0.2, -0.15) is 0 Å². The van der Waals surface area contributed by atoms with Crippen molar-refractivity contribution in [2.75, 3.05) is 14.1 Å². The van der Waals surface area contributed by atoms with E-state index >= 15 is 0 Å². The average Bonchev–Trinajstić information content (AvgIpc) is 2.47. The van der Waals surface area contributed by atoms with Crippen molar-refractivity contribution in [1.82, 2.24) is 9.99 Å². The van der Waals surface area contributed by atoms with E-state index in [0.717, 1.165) is 0 Å². The number of carbonyl (C=O) groups excluding carboxylic acids is 1. The monoisotopic (exact) mass is 181 g/mol. The Balaban J connectivity index is 2.88. The summed E-state index contributed by atoms with van der Waals surface area (Å²) in [7, 11) is 3.47. The molecule has 6 nitrogen and oxygen atoms in total. The second kappa shape index (κ2) is 3.70. The van der Waals surface area contributed by atoms with Crippen molar-refractivity contribution in [1.29, 1.82) is 0 Å². The summed E-state index contributed by atoms with van der Waals surface area (Å²) in [6.45, 7) is 0. The van der Waals surface area contributed by atoms with Gasteiger partial charge in [-0.3, -0.25) is 9.80 Å². The second-order valence-electron chi connectivity index (χ2n) is 2.64. The molecule has 3 N–H and O–H groups in total. The summed E-state index contributed by atoms with van der Waals surface area (Å²) in [5, 5.41) is 9.07. The van der Waals surface area contributed by atoms with E-state index in [0.29, 0.717) is 5.69 Å². The minimum Gasteiger partial charge on any atom is -0.364 e. The molecule has 0 bridgehead atoms. The molecule has 0 radical (unpaired) electrons. The number of H-pyrrole nitrogens is 1. The fourth-order valence-corrected chi connectivity index (χ4v) is 0.780. The van der Waals surface area contributed by atoms with Crippen molar-refractivity contribution in [3.05, 3.63) is 18.0 Å². The van der Waals surface area contributed by atoms with Gasteiger partial charge in [0.15, 0.2) is 0 Å². The third-order valence-electron chi connectivity index (χ3n) is 1.30. The quantitative estimate of drug-likeness (QED) is 0.530. The molecule has 0 unspecified atom stereocenters. The van der Waals surface area contributed by atoms with Crippen LogP contribution < -0.4 is 5.73 Å². The van der Waals surface area contributed by atoms with Crippen molar-refractivity contribution >= 4 is 11.6 Å². The highest BCUT2D eigenvalue weighted by molar-refractivity contribution is 5.95. The zero-order valence-corrected chi connectivity index (χ0v) is 7.48. The van der Waals surface area contributed by atoms with Crippen molar-refractivity contribution in [3.8, 4) is 0 Å². The lowest BCUT2D eigenvalue weighted by atomic mass is 10.4. The maximum Gasteiger partial charge on any atom is 0.267 e. The molecule has 1 amide bonds. The van der Waals surface area contributed by atoms with E-state index in [1.165, 1.54) is 5.01 Å². The number of nitrogens with two attached hydrogens (primary N) is 1. The van der Waals surface area contributed by atoms with Gasteiger partial charge < -0.3 is 10.7 Å². The molecule has 0 aliphatic carbocycles. The van der Waals surface area contributed by atoms with Gasteiger partial charge in [-0.05, 0) is 6.07 Å². The van der Waals surface area contributed by atoms with Crippen LogP contribution >= 0.6 is 0 Å². The summed E-state index contributed by atoms with van der Waals surface area (Å²) in [6, 6.07) is 1.63. The van der Waals surface area contributed by atoms with Crippen LogP contribution in [-0.4, -0.2) is 30.0 Å². The number of hydrogen-bond acceptors (Lipinski definition) is 3. The Morgan fingerprint density at radius 1 is 1.62 bits per heavy atom. The predicted molar refractivity (Wildman–Crippen MR) is 47.5 cm³/mol. The van der Waals surface area contributed by atoms with E-state index in [9.17, 15) is 4.79 Å². The number of nitrogens with zero attached hydrogens (tertiary/aromatic N) is 3. The van der Waals surface area contributed by atoms with Crippen molar-refractivity contribution in [2.45, 2.75) is 0 Å². The van der Waals surface area contributed by atoms with Crippen molar-refractivity contribution in [2.24, 2.45) is 16.1 Å². The highest BCUT2D eigenvalue weighted by Gasteiger charge is 2.07. The Morgan fingerprint density at radius 2 is 2.31 bits per heavy atom. The van der Waals surface area contributed by atoms with E-state index in [4.69, 9.17) is 5.73 Å². The predicted octanol–water partition coefficient (Wildman–Crippen LogP) is 0.674. The van der Waals surface area contributed by atoms with Gasteiger partial charge in [0.1, 0.15) is 11.4 Å². The Kier molecular flexibility index (Phi) is 2.63. The standard InChI is InChI=1S/C7H11N5O/c1-12(2)11-10-5-3-4-9-6(5)7(8)13/h3-4,9H,1-2H3,(H2,8,13). The summed E-state index contributed by atoms with van der Waals surface area (Å²) in [5.74, 6) is -0.544. The molecule has 70 valence electrons. The topological polar surface area (TPSA) is 86.8 Å². The van der Waals surface area contributed by atoms with Crippen LogP contribution in [0.5, 0.6) is 0 Å². The molecule has 13 heavy (non-hydrogen) atoms. The highest BCUT2D eigenvalue weighted by Crippen LogP contribution is 2.16. The van der Waals surface area contributed by atoms with Gasteiger partial charge in [0.25, 0.3) is 5.91 Å². The summed E-state index contributed by atoms with van der Waals surface area (Å²) < 4.78 is 0. The summed E-state index contributed by atoms with van der Waals surface area (Å²) in [5.41, 5.74) is 5.79. The zero-order valence-electron chi connectivity index (χ0n) is 7.48. The van der Waals surface area contributed by atoms with Crippen LogP contribution in [0, 0.1) is 0 Å². The minimum absolute atomic E-state index is 0.269. The van der Waals surface area contributed by atoms with Crippen LogP contribution in [0.4, 0.5) is 5.69 Å². The molecule has 1 heterocycles. The molecular formula is C7H11N5O. The fourth-order valence-electron chi connectivity index (χ4n) is 0.780. The fraction of sp³-hybridized carbons (Fsp3) is 0.286. The number of primary amides is 1. The first-order valence-corrected chi connectivity index (χ1v) is 3.67. The maximum atomic E-state index is 10.8. The van der Waals surface area contributed by atoms with Gasteiger partial charge >= 0.3 is 0 Å². The SMILES string of the molecule is CN(C)N=Nc1cc[nH]c1C(N)=O. The largest absolute Gasteiger partial charge is 0.364 e. The van der Waals surface area contributed by atoms with Crippen LogP contribution in [0.15, 0.2) is 22.6 Å². The van der Waals surface area contributed by atoms with Gasteiger partial charge in [-0.15, -0.1) is 5.11 Å². The number of nitrogens with one attached hydrogen (secondary N) is 1. The van der Waals surface area contributed by atoms with Crippen LogP contribution in [0.1, 0.15) is 10.5 Å². The Labute approximate surface area is 75.4 Å². The molecule has 1 aromatic heterocycles. The molecule has 0 aromatic carbocycles. The van der Waals surface area contributed by atoms with Crippen molar-refractivity contribution < 1.29 is 4.79 Å². The van der Waals surface area contributed by atoms with Gasteiger partial charge in [0.05, 0.1) is 0 Å². The molecular weight excluding hydrogens is 170 g/mol. The first-order valence-electron chi connectivity index (χ1n) is 3.67. The van der Waals surface area contributed by atoms with Gasteiger partial charge in [0.2, 0.25) is 0 Å². The molecule has 0 aliphatic rings. The Morgan fingerprint density at radius 3 is 2.85 bits per heavy atom. The lowest BCUT2D eigenvalue weighted by Gasteiger charge is -1.99. The molecule has 0 saturated carbocycles. The van der Waals surface area contributed by atoms with Crippen molar-refractivity contribution in [3.63, 3.8) is 0 Å². The number of aromatic nitrogens is 1. The van der Waals surface area contributed by atoms with Gasteiger partial charge in [-0.25, -0.2) is 0 Å². The van der Waals surface area contributed by atoms with Crippen LogP contribution in [-0.2, 0) is 0 Å². The number of aromatic amines is 1. The zero-order chi connectivity index (χ0) is 9.84. The molecule has 0 fully saturated rings.